The topological polar surface area (TPSA) is 56.0 Å². The van der Waals surface area contributed by atoms with Gasteiger partial charge in [-0.2, -0.15) is 0 Å². The predicted molar refractivity (Wildman–Crippen MR) is 61.1 cm³/mol. The van der Waals surface area contributed by atoms with Crippen molar-refractivity contribution in [3.05, 3.63) is 58.3 Å². The van der Waals surface area contributed by atoms with Gasteiger partial charge in [-0.1, -0.05) is 24.3 Å². The summed E-state index contributed by atoms with van der Waals surface area (Å²) in [6, 6.07) is 10.5. The molecule has 0 unspecified atom stereocenters. The van der Waals surface area contributed by atoms with Crippen molar-refractivity contribution in [3.8, 4) is 11.3 Å². The van der Waals surface area contributed by atoms with Gasteiger partial charge < -0.3 is 0 Å². The maximum Gasteiger partial charge on any atom is 0.295 e. The van der Waals surface area contributed by atoms with Crippen molar-refractivity contribution in [2.75, 3.05) is 0 Å². The van der Waals surface area contributed by atoms with Gasteiger partial charge in [-0.25, -0.2) is 4.98 Å². The zero-order valence-electron chi connectivity index (χ0n) is 8.75. The quantitative estimate of drug-likeness (QED) is 0.570. The van der Waals surface area contributed by atoms with Crippen molar-refractivity contribution in [2.45, 2.75) is 6.92 Å². The summed E-state index contributed by atoms with van der Waals surface area (Å²) >= 11 is 0. The van der Waals surface area contributed by atoms with Crippen molar-refractivity contribution >= 4 is 5.69 Å². The van der Waals surface area contributed by atoms with Gasteiger partial charge in [0.1, 0.15) is 5.69 Å². The number of nitrogens with zero attached hydrogens (tertiary/aromatic N) is 2. The Hall–Kier alpha value is -2.23. The molecule has 1 aromatic carbocycles. The molecule has 4 nitrogen and oxygen atoms in total. The minimum absolute atomic E-state index is 0.0387. The van der Waals surface area contributed by atoms with Crippen LogP contribution in [0.4, 0.5) is 5.69 Å². The largest absolute Gasteiger partial charge is 0.295 e. The fourth-order valence-corrected chi connectivity index (χ4v) is 1.59. The molecule has 0 amide bonds. The number of pyridine rings is 1. The van der Waals surface area contributed by atoms with E-state index in [0.717, 1.165) is 11.1 Å². The molecule has 2 rings (SSSR count). The Bertz CT molecular complexity index is 538. The third-order valence-electron chi connectivity index (χ3n) is 2.38. The average molecular weight is 214 g/mol. The molecule has 0 aliphatic rings. The van der Waals surface area contributed by atoms with Crippen LogP contribution in [-0.4, -0.2) is 9.91 Å². The van der Waals surface area contributed by atoms with Gasteiger partial charge in [-0.05, 0) is 18.6 Å². The van der Waals surface area contributed by atoms with Crippen LogP contribution in [0.5, 0.6) is 0 Å². The Morgan fingerprint density at radius 2 is 1.94 bits per heavy atom. The van der Waals surface area contributed by atoms with Crippen molar-refractivity contribution in [1.29, 1.82) is 0 Å². The molecule has 0 N–H and O–H groups in total. The van der Waals surface area contributed by atoms with Gasteiger partial charge in [0.25, 0.3) is 5.69 Å². The third kappa shape index (κ3) is 1.77. The zero-order valence-corrected chi connectivity index (χ0v) is 8.75. The number of benzene rings is 1. The summed E-state index contributed by atoms with van der Waals surface area (Å²) in [6.45, 7) is 1.91. The summed E-state index contributed by atoms with van der Waals surface area (Å²) in [7, 11) is 0. The summed E-state index contributed by atoms with van der Waals surface area (Å²) in [5.41, 5.74) is 2.24. The Kier molecular flexibility index (Phi) is 2.64. The Morgan fingerprint density at radius 1 is 1.19 bits per heavy atom. The molecule has 1 aromatic heterocycles. The minimum Gasteiger partial charge on any atom is -0.258 e. The van der Waals surface area contributed by atoms with E-state index in [0.29, 0.717) is 5.69 Å². The van der Waals surface area contributed by atoms with Gasteiger partial charge in [0.2, 0.25) is 0 Å². The lowest BCUT2D eigenvalue weighted by atomic mass is 10.0. The first kappa shape index (κ1) is 10.3. The van der Waals surface area contributed by atoms with E-state index in [-0.39, 0.29) is 5.69 Å². The summed E-state index contributed by atoms with van der Waals surface area (Å²) < 4.78 is 0. The molecule has 0 bridgehead atoms. The fourth-order valence-electron chi connectivity index (χ4n) is 1.59. The molecule has 4 heteroatoms. The van der Waals surface area contributed by atoms with Crippen LogP contribution in [0.3, 0.4) is 0 Å². The first-order valence-corrected chi connectivity index (χ1v) is 4.85. The van der Waals surface area contributed by atoms with Crippen LogP contribution in [0.2, 0.25) is 0 Å². The lowest BCUT2D eigenvalue weighted by Crippen LogP contribution is -1.95. The van der Waals surface area contributed by atoms with E-state index < -0.39 is 4.92 Å². The van der Waals surface area contributed by atoms with Crippen LogP contribution in [0.25, 0.3) is 11.3 Å². The molecule has 80 valence electrons. The lowest BCUT2D eigenvalue weighted by molar-refractivity contribution is -0.384. The van der Waals surface area contributed by atoms with E-state index in [1.165, 1.54) is 6.07 Å². The fraction of sp³-hybridized carbons (Fsp3) is 0.0833. The maximum absolute atomic E-state index is 10.9. The van der Waals surface area contributed by atoms with E-state index in [1.54, 1.807) is 12.3 Å². The second-order valence-electron chi connectivity index (χ2n) is 3.44. The molecule has 0 aliphatic carbocycles. The first-order valence-electron chi connectivity index (χ1n) is 4.85. The van der Waals surface area contributed by atoms with Crippen LogP contribution in [0, 0.1) is 17.0 Å². The predicted octanol–water partition coefficient (Wildman–Crippen LogP) is 2.97. The smallest absolute Gasteiger partial charge is 0.258 e. The highest BCUT2D eigenvalue weighted by atomic mass is 16.6. The van der Waals surface area contributed by atoms with Gasteiger partial charge in [-0.3, -0.25) is 10.1 Å². The zero-order chi connectivity index (χ0) is 11.5. The molecular weight excluding hydrogens is 204 g/mol. The molecule has 0 spiro atoms. The second-order valence-corrected chi connectivity index (χ2v) is 3.44. The standard InChI is InChI=1S/C12H10N2O2/c1-9-5-2-3-6-10(9)12-11(14(15)16)7-4-8-13-12/h2-8H,1H3. The highest BCUT2D eigenvalue weighted by Crippen LogP contribution is 2.29. The molecule has 0 saturated heterocycles. The van der Waals surface area contributed by atoms with Crippen molar-refractivity contribution in [3.63, 3.8) is 0 Å². The molecule has 0 aliphatic heterocycles. The van der Waals surface area contributed by atoms with Crippen LogP contribution < -0.4 is 0 Å². The summed E-state index contributed by atoms with van der Waals surface area (Å²) in [5.74, 6) is 0. The van der Waals surface area contributed by atoms with Crippen molar-refractivity contribution < 1.29 is 4.92 Å². The summed E-state index contributed by atoms with van der Waals surface area (Å²) in [6.07, 6.45) is 1.56. The van der Waals surface area contributed by atoms with Gasteiger partial charge in [-0.15, -0.1) is 0 Å². The second kappa shape index (κ2) is 4.10. The minimum atomic E-state index is -0.408. The van der Waals surface area contributed by atoms with Crippen LogP contribution >= 0.6 is 0 Å². The van der Waals surface area contributed by atoms with E-state index in [9.17, 15) is 10.1 Å². The maximum atomic E-state index is 10.9. The van der Waals surface area contributed by atoms with E-state index in [2.05, 4.69) is 4.98 Å². The number of aryl methyl sites for hydroxylation is 1. The Labute approximate surface area is 92.7 Å². The van der Waals surface area contributed by atoms with Gasteiger partial charge in [0.15, 0.2) is 0 Å². The monoisotopic (exact) mass is 214 g/mol. The Balaban J connectivity index is 2.65. The summed E-state index contributed by atoms with van der Waals surface area (Å²) in [4.78, 5) is 14.6. The third-order valence-corrected chi connectivity index (χ3v) is 2.38. The molecule has 0 saturated carbocycles. The van der Waals surface area contributed by atoms with Gasteiger partial charge >= 0.3 is 0 Å². The molecule has 2 aromatic rings. The highest BCUT2D eigenvalue weighted by Gasteiger charge is 2.16. The van der Waals surface area contributed by atoms with Gasteiger partial charge in [0, 0.05) is 17.8 Å². The number of hydrogen-bond donors (Lipinski definition) is 0. The SMILES string of the molecule is Cc1ccccc1-c1ncccc1[N+](=O)[O-]. The van der Waals surface area contributed by atoms with E-state index in [4.69, 9.17) is 0 Å². The van der Waals surface area contributed by atoms with Crippen LogP contribution in [0.1, 0.15) is 5.56 Å². The van der Waals surface area contributed by atoms with Crippen LogP contribution in [0.15, 0.2) is 42.6 Å². The van der Waals surface area contributed by atoms with E-state index in [1.807, 2.05) is 31.2 Å². The highest BCUT2D eigenvalue weighted by molar-refractivity contribution is 5.71. The number of rotatable bonds is 2. The van der Waals surface area contributed by atoms with E-state index >= 15 is 0 Å². The molecular formula is C12H10N2O2. The van der Waals surface area contributed by atoms with Crippen molar-refractivity contribution in [1.82, 2.24) is 4.98 Å². The lowest BCUT2D eigenvalue weighted by Gasteiger charge is -2.04. The molecule has 0 fully saturated rings. The van der Waals surface area contributed by atoms with Gasteiger partial charge in [0.05, 0.1) is 4.92 Å². The molecule has 1 heterocycles. The summed E-state index contributed by atoms with van der Waals surface area (Å²) in [5, 5.41) is 10.9. The van der Waals surface area contributed by atoms with Crippen molar-refractivity contribution in [2.24, 2.45) is 0 Å². The average Bonchev–Trinajstić information content (AvgIpc) is 2.29. The molecule has 0 radical (unpaired) electrons. The number of nitro groups is 1. The first-order chi connectivity index (χ1) is 7.70. The number of aromatic nitrogens is 1. The normalized spacial score (nSPS) is 10.1. The molecule has 0 atom stereocenters. The molecule has 16 heavy (non-hydrogen) atoms. The number of hydrogen-bond acceptors (Lipinski definition) is 3. The van der Waals surface area contributed by atoms with Crippen LogP contribution in [-0.2, 0) is 0 Å². The Morgan fingerprint density at radius 3 is 2.62 bits per heavy atom.